The van der Waals surface area contributed by atoms with Crippen LogP contribution < -0.4 is 5.73 Å². The van der Waals surface area contributed by atoms with Crippen molar-refractivity contribution in [2.75, 3.05) is 5.73 Å². The molecular weight excluding hydrogens is 268 g/mol. The van der Waals surface area contributed by atoms with Gasteiger partial charge in [0.05, 0.1) is 23.6 Å². The van der Waals surface area contributed by atoms with Crippen molar-refractivity contribution >= 4 is 17.4 Å². The summed E-state index contributed by atoms with van der Waals surface area (Å²) >= 11 is 1.72. The third-order valence-electron chi connectivity index (χ3n) is 3.80. The van der Waals surface area contributed by atoms with Gasteiger partial charge in [0.25, 0.3) is 0 Å². The highest BCUT2D eigenvalue weighted by atomic mass is 32.2. The predicted octanol–water partition coefficient (Wildman–Crippen LogP) is 3.66. The van der Waals surface area contributed by atoms with Crippen LogP contribution in [0.15, 0.2) is 35.6 Å². The highest BCUT2D eigenvalue weighted by Crippen LogP contribution is 2.29. The van der Waals surface area contributed by atoms with Gasteiger partial charge in [-0.05, 0) is 25.0 Å². The fourth-order valence-electron chi connectivity index (χ4n) is 2.68. The molecule has 2 N–H and O–H groups in total. The molecule has 2 heterocycles. The van der Waals surface area contributed by atoms with Crippen molar-refractivity contribution in [1.29, 1.82) is 0 Å². The van der Waals surface area contributed by atoms with Crippen LogP contribution in [-0.4, -0.2) is 14.8 Å². The van der Waals surface area contributed by atoms with Crippen molar-refractivity contribution in [2.24, 2.45) is 0 Å². The predicted molar refractivity (Wildman–Crippen MR) is 82.6 cm³/mol. The largest absolute Gasteiger partial charge is 0.397 e. The van der Waals surface area contributed by atoms with Gasteiger partial charge in [-0.15, -0.1) is 11.8 Å². The van der Waals surface area contributed by atoms with E-state index in [4.69, 9.17) is 10.8 Å². The van der Waals surface area contributed by atoms with E-state index in [1.54, 1.807) is 24.2 Å². The van der Waals surface area contributed by atoms with Gasteiger partial charge in [-0.3, -0.25) is 9.67 Å². The first-order chi connectivity index (χ1) is 9.83. The average molecular weight is 288 g/mol. The molecule has 1 aliphatic carbocycles. The Morgan fingerprint density at radius 2 is 2.10 bits per heavy atom. The van der Waals surface area contributed by atoms with Crippen molar-refractivity contribution in [3.05, 3.63) is 36.4 Å². The number of hydrogen-bond acceptors (Lipinski definition) is 4. The Hall–Kier alpha value is -1.49. The second-order valence-corrected chi connectivity index (χ2v) is 6.30. The summed E-state index contributed by atoms with van der Waals surface area (Å²) in [7, 11) is 0. The lowest BCUT2D eigenvalue weighted by atomic mass is 9.96. The topological polar surface area (TPSA) is 56.7 Å². The van der Waals surface area contributed by atoms with Crippen molar-refractivity contribution in [3.8, 4) is 0 Å². The Morgan fingerprint density at radius 1 is 1.25 bits per heavy atom. The lowest BCUT2D eigenvalue weighted by Gasteiger charge is -2.21. The smallest absolute Gasteiger partial charge is 0.0727 e. The number of thioether (sulfide) groups is 1. The fraction of sp³-hybridized carbons (Fsp3) is 0.467. The Morgan fingerprint density at radius 3 is 2.90 bits per heavy atom. The number of nitrogens with two attached hydrogens (primary N) is 1. The molecule has 0 spiro atoms. The van der Waals surface area contributed by atoms with Crippen molar-refractivity contribution < 1.29 is 0 Å². The minimum Gasteiger partial charge on any atom is -0.397 e. The van der Waals surface area contributed by atoms with Crippen molar-refractivity contribution in [1.82, 2.24) is 14.8 Å². The van der Waals surface area contributed by atoms with E-state index in [-0.39, 0.29) is 0 Å². The number of rotatable bonds is 4. The van der Waals surface area contributed by atoms with Gasteiger partial charge < -0.3 is 5.73 Å². The van der Waals surface area contributed by atoms with Gasteiger partial charge in [-0.2, -0.15) is 5.10 Å². The maximum atomic E-state index is 5.90. The monoisotopic (exact) mass is 288 g/mol. The van der Waals surface area contributed by atoms with Crippen LogP contribution >= 0.6 is 11.8 Å². The molecular formula is C15H20N4S. The van der Waals surface area contributed by atoms with E-state index in [9.17, 15) is 0 Å². The zero-order valence-electron chi connectivity index (χ0n) is 11.5. The number of hydrogen-bond donors (Lipinski definition) is 1. The molecule has 1 fully saturated rings. The molecule has 106 valence electrons. The second-order valence-electron chi connectivity index (χ2n) is 5.28. The zero-order chi connectivity index (χ0) is 13.8. The molecule has 2 aromatic rings. The summed E-state index contributed by atoms with van der Waals surface area (Å²) in [6, 6.07) is 4.69. The van der Waals surface area contributed by atoms with E-state index in [0.29, 0.717) is 6.04 Å². The zero-order valence-corrected chi connectivity index (χ0v) is 12.4. The molecule has 1 saturated carbocycles. The average Bonchev–Trinajstić information content (AvgIpc) is 2.96. The molecule has 20 heavy (non-hydrogen) atoms. The van der Waals surface area contributed by atoms with E-state index in [1.807, 2.05) is 6.07 Å². The number of nitrogen functional groups attached to an aromatic ring is 1. The first kappa shape index (κ1) is 13.5. The van der Waals surface area contributed by atoms with E-state index in [2.05, 4.69) is 21.9 Å². The van der Waals surface area contributed by atoms with Crippen LogP contribution in [0.3, 0.4) is 0 Å². The highest BCUT2D eigenvalue weighted by Gasteiger charge is 2.16. The lowest BCUT2D eigenvalue weighted by Crippen LogP contribution is -2.13. The first-order valence-electron chi connectivity index (χ1n) is 7.19. The van der Waals surface area contributed by atoms with E-state index >= 15 is 0 Å². The molecule has 0 aliphatic heterocycles. The molecule has 1 aliphatic rings. The minimum absolute atomic E-state index is 0.605. The van der Waals surface area contributed by atoms with Crippen LogP contribution in [0, 0.1) is 0 Å². The SMILES string of the molecule is Nc1cnccc1SCc1ccn(C2CCCCC2)n1. The third kappa shape index (κ3) is 3.15. The summed E-state index contributed by atoms with van der Waals surface area (Å²) in [5, 5.41) is 4.72. The molecule has 0 aromatic carbocycles. The number of aromatic nitrogens is 3. The van der Waals surface area contributed by atoms with Gasteiger partial charge in [-0.1, -0.05) is 19.3 Å². The second kappa shape index (κ2) is 6.31. The summed E-state index contributed by atoms with van der Waals surface area (Å²) in [6.07, 6.45) is 12.2. The van der Waals surface area contributed by atoms with E-state index in [0.717, 1.165) is 22.0 Å². The number of anilines is 1. The molecule has 3 rings (SSSR count). The van der Waals surface area contributed by atoms with Gasteiger partial charge in [0, 0.05) is 23.0 Å². The minimum atomic E-state index is 0.605. The van der Waals surface area contributed by atoms with Crippen molar-refractivity contribution in [2.45, 2.75) is 48.8 Å². The molecule has 5 heteroatoms. The molecule has 0 unspecified atom stereocenters. The molecule has 2 aromatic heterocycles. The summed E-state index contributed by atoms with van der Waals surface area (Å²) in [4.78, 5) is 5.08. The fourth-order valence-corrected chi connectivity index (χ4v) is 3.51. The molecule has 0 radical (unpaired) electrons. The lowest BCUT2D eigenvalue weighted by molar-refractivity contribution is 0.328. The van der Waals surface area contributed by atoms with Crippen LogP contribution in [0.4, 0.5) is 5.69 Å². The summed E-state index contributed by atoms with van der Waals surface area (Å²) < 4.78 is 2.16. The molecule has 4 nitrogen and oxygen atoms in total. The summed E-state index contributed by atoms with van der Waals surface area (Å²) in [5.41, 5.74) is 7.76. The van der Waals surface area contributed by atoms with Crippen LogP contribution in [0.25, 0.3) is 0 Å². The van der Waals surface area contributed by atoms with Gasteiger partial charge in [0.15, 0.2) is 0 Å². The third-order valence-corrected chi connectivity index (χ3v) is 4.92. The van der Waals surface area contributed by atoms with Crippen LogP contribution in [0.1, 0.15) is 43.8 Å². The Bertz CT molecular complexity index is 561. The quantitative estimate of drug-likeness (QED) is 0.872. The van der Waals surface area contributed by atoms with Crippen LogP contribution in [0.2, 0.25) is 0 Å². The standard InChI is InChI=1S/C15H20N4S/c16-14-10-17-8-6-15(14)20-11-12-7-9-19(18-12)13-4-2-1-3-5-13/h6-10,13H,1-5,11,16H2. The van der Waals surface area contributed by atoms with Crippen LogP contribution in [0.5, 0.6) is 0 Å². The van der Waals surface area contributed by atoms with Crippen LogP contribution in [-0.2, 0) is 5.75 Å². The number of pyridine rings is 1. The summed E-state index contributed by atoms with van der Waals surface area (Å²) in [5.74, 6) is 0.855. The molecule has 0 atom stereocenters. The molecule has 0 amide bonds. The van der Waals surface area contributed by atoms with Crippen molar-refractivity contribution in [3.63, 3.8) is 0 Å². The maximum absolute atomic E-state index is 5.90. The van der Waals surface area contributed by atoms with E-state index in [1.165, 1.54) is 32.1 Å². The molecule has 0 bridgehead atoms. The first-order valence-corrected chi connectivity index (χ1v) is 8.18. The Labute approximate surface area is 123 Å². The van der Waals surface area contributed by atoms with Gasteiger partial charge in [0.1, 0.15) is 0 Å². The molecule has 0 saturated heterocycles. The van der Waals surface area contributed by atoms with Gasteiger partial charge >= 0.3 is 0 Å². The number of nitrogens with zero attached hydrogens (tertiary/aromatic N) is 3. The Balaban J connectivity index is 1.61. The maximum Gasteiger partial charge on any atom is 0.0727 e. The van der Waals surface area contributed by atoms with Gasteiger partial charge in [-0.25, -0.2) is 0 Å². The Kier molecular flexibility index (Phi) is 4.25. The van der Waals surface area contributed by atoms with E-state index < -0.39 is 0 Å². The van der Waals surface area contributed by atoms with Gasteiger partial charge in [0.2, 0.25) is 0 Å². The summed E-state index contributed by atoms with van der Waals surface area (Å²) in [6.45, 7) is 0. The normalized spacial score (nSPS) is 16.4. The highest BCUT2D eigenvalue weighted by molar-refractivity contribution is 7.98.